The van der Waals surface area contributed by atoms with Crippen LogP contribution in [-0.2, 0) is 11.0 Å². The maximum absolute atomic E-state index is 13.6. The summed E-state index contributed by atoms with van der Waals surface area (Å²) in [7, 11) is 0. The number of amides is 2. The number of hydrogen-bond acceptors (Lipinski definition) is 4. The number of alkyl halides is 3. The zero-order chi connectivity index (χ0) is 27.4. The molecule has 2 heterocycles. The van der Waals surface area contributed by atoms with Crippen LogP contribution in [-0.4, -0.2) is 26.3 Å². The molecular weight excluding hydrogens is 495 g/mol. The molecular formula is C28H22F3N5O2. The Morgan fingerprint density at radius 1 is 0.947 bits per heavy atom. The number of halogens is 3. The van der Waals surface area contributed by atoms with E-state index < -0.39 is 17.6 Å². The van der Waals surface area contributed by atoms with E-state index in [1.807, 2.05) is 6.92 Å². The van der Waals surface area contributed by atoms with Gasteiger partial charge in [-0.3, -0.25) is 9.59 Å². The van der Waals surface area contributed by atoms with Crippen LogP contribution in [0.2, 0.25) is 0 Å². The summed E-state index contributed by atoms with van der Waals surface area (Å²) in [5.74, 6) is 5.54. The van der Waals surface area contributed by atoms with E-state index in [0.717, 1.165) is 17.7 Å². The molecule has 2 aromatic heterocycles. The highest BCUT2D eigenvalue weighted by Gasteiger charge is 2.31. The Hall–Kier alpha value is -4.91. The lowest BCUT2D eigenvalue weighted by Crippen LogP contribution is -2.14. The van der Waals surface area contributed by atoms with Crippen molar-refractivity contribution in [1.29, 1.82) is 0 Å². The highest BCUT2D eigenvalue weighted by Crippen LogP contribution is 2.33. The number of benzene rings is 2. The van der Waals surface area contributed by atoms with E-state index in [0.29, 0.717) is 22.6 Å². The number of nitrogens with one attached hydrogen (secondary N) is 2. The zero-order valence-electron chi connectivity index (χ0n) is 20.6. The third kappa shape index (κ3) is 6.44. The van der Waals surface area contributed by atoms with Crippen LogP contribution in [0.3, 0.4) is 0 Å². The van der Waals surface area contributed by atoms with Gasteiger partial charge in [-0.25, -0.2) is 9.97 Å². The fourth-order valence-corrected chi connectivity index (χ4v) is 3.52. The third-order valence-electron chi connectivity index (χ3n) is 5.42. The molecule has 0 saturated heterocycles. The van der Waals surface area contributed by atoms with Crippen molar-refractivity contribution in [2.24, 2.45) is 0 Å². The Morgan fingerprint density at radius 3 is 2.37 bits per heavy atom. The minimum Gasteiger partial charge on any atom is -0.322 e. The summed E-state index contributed by atoms with van der Waals surface area (Å²) in [4.78, 5) is 32.3. The molecule has 0 bridgehead atoms. The van der Waals surface area contributed by atoms with Crippen LogP contribution >= 0.6 is 0 Å². The van der Waals surface area contributed by atoms with Crippen molar-refractivity contribution in [2.75, 3.05) is 10.6 Å². The van der Waals surface area contributed by atoms with Crippen LogP contribution < -0.4 is 10.6 Å². The first kappa shape index (κ1) is 26.2. The molecule has 0 aliphatic heterocycles. The topological polar surface area (TPSA) is 88.9 Å². The minimum atomic E-state index is -4.60. The SMILES string of the molecule is CC(=O)Nc1ccc(C#Cc2cc(C(=O)Nc3cc(-n4cnc(C)c4)cc(C(F)(F)F)c3)ccc2C)cn1. The number of carbonyl (C=O) groups excluding carboxylic acids is 2. The molecule has 0 aliphatic carbocycles. The van der Waals surface area contributed by atoms with E-state index in [1.165, 1.54) is 30.1 Å². The van der Waals surface area contributed by atoms with E-state index in [2.05, 4.69) is 32.4 Å². The number of rotatable bonds is 4. The molecule has 0 spiro atoms. The summed E-state index contributed by atoms with van der Waals surface area (Å²) in [5, 5.41) is 5.14. The smallest absolute Gasteiger partial charge is 0.322 e. The first-order valence-electron chi connectivity index (χ1n) is 11.4. The summed E-state index contributed by atoms with van der Waals surface area (Å²) >= 11 is 0. The predicted molar refractivity (Wildman–Crippen MR) is 137 cm³/mol. The van der Waals surface area contributed by atoms with Gasteiger partial charge in [0.2, 0.25) is 5.91 Å². The van der Waals surface area contributed by atoms with Crippen molar-refractivity contribution in [3.63, 3.8) is 0 Å². The first-order valence-corrected chi connectivity index (χ1v) is 11.4. The molecule has 0 fully saturated rings. The second-order valence-corrected chi connectivity index (χ2v) is 8.54. The Morgan fingerprint density at radius 2 is 1.74 bits per heavy atom. The van der Waals surface area contributed by atoms with E-state index in [-0.39, 0.29) is 22.8 Å². The number of nitrogens with zero attached hydrogens (tertiary/aromatic N) is 3. The average Bonchev–Trinajstić information content (AvgIpc) is 3.29. The van der Waals surface area contributed by atoms with Gasteiger partial charge < -0.3 is 15.2 Å². The van der Waals surface area contributed by atoms with Gasteiger partial charge in [-0.1, -0.05) is 17.9 Å². The Labute approximate surface area is 216 Å². The van der Waals surface area contributed by atoms with Gasteiger partial charge in [0, 0.05) is 47.4 Å². The zero-order valence-corrected chi connectivity index (χ0v) is 20.6. The van der Waals surface area contributed by atoms with E-state index >= 15 is 0 Å². The van der Waals surface area contributed by atoms with Crippen LogP contribution in [0.25, 0.3) is 5.69 Å². The second-order valence-electron chi connectivity index (χ2n) is 8.54. The molecule has 2 amide bonds. The van der Waals surface area contributed by atoms with Crippen LogP contribution in [0.4, 0.5) is 24.7 Å². The van der Waals surface area contributed by atoms with E-state index in [4.69, 9.17) is 0 Å². The molecule has 0 aliphatic rings. The van der Waals surface area contributed by atoms with Gasteiger partial charge in [-0.15, -0.1) is 0 Å². The van der Waals surface area contributed by atoms with Crippen molar-refractivity contribution in [2.45, 2.75) is 26.9 Å². The Balaban J connectivity index is 1.59. The van der Waals surface area contributed by atoms with Crippen LogP contribution in [0, 0.1) is 25.7 Å². The molecule has 0 radical (unpaired) electrons. The third-order valence-corrected chi connectivity index (χ3v) is 5.42. The maximum Gasteiger partial charge on any atom is 0.416 e. The normalized spacial score (nSPS) is 10.9. The van der Waals surface area contributed by atoms with Crippen molar-refractivity contribution in [3.8, 4) is 17.5 Å². The monoisotopic (exact) mass is 517 g/mol. The molecule has 4 aromatic rings. The Kier molecular flexibility index (Phi) is 7.30. The fraction of sp³-hybridized carbons (Fsp3) is 0.143. The largest absolute Gasteiger partial charge is 0.416 e. The van der Waals surface area contributed by atoms with E-state index in [1.54, 1.807) is 43.5 Å². The standard InChI is InChI=1S/C28H22F3N5O2/c1-17-4-7-22(10-21(17)8-5-20-6-9-26(32-14-20)34-19(3)37)27(38)35-24-11-23(28(29,30)31)12-25(13-24)36-15-18(2)33-16-36/h4,6-7,9-16H,1-3H3,(H,35,38)(H,32,34,37). The molecule has 4 rings (SSSR count). The van der Waals surface area contributed by atoms with Gasteiger partial charge in [0.1, 0.15) is 5.82 Å². The molecule has 0 unspecified atom stereocenters. The predicted octanol–water partition coefficient (Wildman–Crippen LogP) is 5.51. The summed E-state index contributed by atoms with van der Waals surface area (Å²) in [6, 6.07) is 11.5. The molecule has 38 heavy (non-hydrogen) atoms. The highest BCUT2D eigenvalue weighted by atomic mass is 19.4. The lowest BCUT2D eigenvalue weighted by atomic mass is 10.0. The van der Waals surface area contributed by atoms with Crippen LogP contribution in [0.15, 0.2) is 67.3 Å². The summed E-state index contributed by atoms with van der Waals surface area (Å²) in [5.41, 5.74) is 2.16. The van der Waals surface area contributed by atoms with Gasteiger partial charge >= 0.3 is 6.18 Å². The van der Waals surface area contributed by atoms with Gasteiger partial charge in [-0.2, -0.15) is 13.2 Å². The number of hydrogen-bond donors (Lipinski definition) is 2. The number of imidazole rings is 1. The van der Waals surface area contributed by atoms with Gasteiger partial charge in [0.05, 0.1) is 17.6 Å². The number of anilines is 2. The lowest BCUT2D eigenvalue weighted by molar-refractivity contribution is -0.137. The molecule has 2 N–H and O–H groups in total. The summed E-state index contributed by atoms with van der Waals surface area (Å²) in [6.45, 7) is 4.94. The molecule has 2 aromatic carbocycles. The fourth-order valence-electron chi connectivity index (χ4n) is 3.52. The van der Waals surface area contributed by atoms with Crippen molar-refractivity contribution in [3.05, 3.63) is 101 Å². The quantitative estimate of drug-likeness (QED) is 0.349. The van der Waals surface area contributed by atoms with Gasteiger partial charge in [0.25, 0.3) is 5.91 Å². The maximum atomic E-state index is 13.6. The van der Waals surface area contributed by atoms with Gasteiger partial charge in [0.15, 0.2) is 0 Å². The number of aromatic nitrogens is 3. The molecule has 0 atom stereocenters. The van der Waals surface area contributed by atoms with Crippen LogP contribution in [0.1, 0.15) is 45.2 Å². The van der Waals surface area contributed by atoms with E-state index in [9.17, 15) is 22.8 Å². The van der Waals surface area contributed by atoms with Crippen LogP contribution in [0.5, 0.6) is 0 Å². The molecule has 0 saturated carbocycles. The summed E-state index contributed by atoms with van der Waals surface area (Å²) < 4.78 is 42.1. The average molecular weight is 518 g/mol. The highest BCUT2D eigenvalue weighted by molar-refractivity contribution is 6.04. The molecule has 192 valence electrons. The number of aryl methyl sites for hydroxylation is 2. The van der Waals surface area contributed by atoms with Gasteiger partial charge in [-0.05, 0) is 61.9 Å². The first-order chi connectivity index (χ1) is 18.0. The number of carbonyl (C=O) groups is 2. The lowest BCUT2D eigenvalue weighted by Gasteiger charge is -2.14. The van der Waals surface area contributed by atoms with Crippen molar-refractivity contribution >= 4 is 23.3 Å². The Bertz CT molecular complexity index is 1580. The molecule has 7 nitrogen and oxygen atoms in total. The second kappa shape index (κ2) is 10.6. The van der Waals surface area contributed by atoms with Crippen molar-refractivity contribution in [1.82, 2.24) is 14.5 Å². The van der Waals surface area contributed by atoms with Crippen molar-refractivity contribution < 1.29 is 22.8 Å². The minimum absolute atomic E-state index is 0.00952. The molecule has 10 heteroatoms. The summed E-state index contributed by atoms with van der Waals surface area (Å²) in [6.07, 6.45) is -0.0940. The number of pyridine rings is 1.